The van der Waals surface area contributed by atoms with Gasteiger partial charge in [0.15, 0.2) is 0 Å². The van der Waals surface area contributed by atoms with Crippen molar-refractivity contribution in [3.8, 4) is 11.1 Å². The fraction of sp³-hybridized carbons (Fsp3) is 0.440. The van der Waals surface area contributed by atoms with Crippen LogP contribution in [-0.2, 0) is 10.8 Å². The quantitative estimate of drug-likeness (QED) is 0.364. The molecule has 0 unspecified atom stereocenters. The Bertz CT molecular complexity index is 933. The first-order valence-corrected chi connectivity index (χ1v) is 10.9. The van der Waals surface area contributed by atoms with Crippen molar-refractivity contribution in [1.82, 2.24) is 0 Å². The summed E-state index contributed by atoms with van der Waals surface area (Å²) in [5.41, 5.74) is -0.966. The topological polar surface area (TPSA) is 9.23 Å². The van der Waals surface area contributed by atoms with E-state index in [9.17, 15) is 30.7 Å². The van der Waals surface area contributed by atoms with Crippen molar-refractivity contribution in [3.05, 3.63) is 65.2 Å². The van der Waals surface area contributed by atoms with E-state index < -0.39 is 29.7 Å². The molecular weight excluding hydrogens is 449 g/mol. The van der Waals surface area contributed by atoms with E-state index in [1.165, 1.54) is 25.7 Å². The van der Waals surface area contributed by atoms with Crippen LogP contribution in [0.2, 0.25) is 0 Å². The number of hydrogen-bond donors (Lipinski definition) is 0. The summed E-state index contributed by atoms with van der Waals surface area (Å²) in [6.45, 7) is 2.20. The fourth-order valence-electron chi connectivity index (χ4n) is 4.33. The average molecular weight is 474 g/mol. The van der Waals surface area contributed by atoms with E-state index >= 15 is 0 Å². The monoisotopic (exact) mass is 474 g/mol. The lowest BCUT2D eigenvalue weighted by molar-refractivity contribution is -0.432. The molecule has 0 saturated heterocycles. The van der Waals surface area contributed by atoms with Gasteiger partial charge < -0.3 is 0 Å². The molecule has 0 heterocycles. The molecular formula is C25H25F7O. The Morgan fingerprint density at radius 3 is 1.97 bits per heavy atom. The molecule has 0 aliphatic heterocycles. The lowest BCUT2D eigenvalue weighted by Gasteiger charge is -2.26. The van der Waals surface area contributed by atoms with Crippen molar-refractivity contribution >= 4 is 6.08 Å². The molecule has 2 aromatic rings. The zero-order valence-electron chi connectivity index (χ0n) is 18.1. The highest BCUT2D eigenvalue weighted by Gasteiger charge is 2.49. The summed E-state index contributed by atoms with van der Waals surface area (Å²) < 4.78 is 94.7. The van der Waals surface area contributed by atoms with Crippen LogP contribution >= 0.6 is 0 Å². The van der Waals surface area contributed by atoms with E-state index in [1.54, 1.807) is 24.3 Å². The van der Waals surface area contributed by atoms with Crippen LogP contribution in [0.1, 0.15) is 56.6 Å². The second kappa shape index (κ2) is 10.3. The number of benzene rings is 2. The molecule has 1 aliphatic rings. The van der Waals surface area contributed by atoms with Crippen molar-refractivity contribution < 1.29 is 35.5 Å². The predicted molar refractivity (Wildman–Crippen MR) is 112 cm³/mol. The number of halogens is 7. The van der Waals surface area contributed by atoms with E-state index in [-0.39, 0.29) is 5.56 Å². The second-order valence-electron chi connectivity index (χ2n) is 8.43. The Morgan fingerprint density at radius 2 is 1.45 bits per heavy atom. The molecule has 1 saturated carbocycles. The standard InChI is InChI=1S/C25H25F7O/c1-2-3-16-4-6-17(7-5-16)8-9-18-10-12-19(13-11-18)20-14-21(26)23(22(27)15-20)24(28,29)33-25(30,31)32/h8-17H,2-7H2,1H3. The minimum absolute atomic E-state index is 0.0821. The van der Waals surface area contributed by atoms with Gasteiger partial charge in [-0.3, -0.25) is 0 Å². The van der Waals surface area contributed by atoms with E-state index in [0.717, 1.165) is 24.3 Å². The smallest absolute Gasteiger partial charge is 0.222 e. The van der Waals surface area contributed by atoms with Crippen molar-refractivity contribution in [1.29, 1.82) is 0 Å². The number of ether oxygens (including phenoxy) is 1. The molecule has 0 aromatic heterocycles. The predicted octanol–water partition coefficient (Wildman–Crippen LogP) is 8.84. The zero-order valence-corrected chi connectivity index (χ0v) is 18.1. The summed E-state index contributed by atoms with van der Waals surface area (Å²) in [5, 5.41) is 0. The first-order valence-electron chi connectivity index (χ1n) is 10.9. The molecule has 8 heteroatoms. The molecule has 0 radical (unpaired) electrons. The van der Waals surface area contributed by atoms with Gasteiger partial charge in [-0.15, -0.1) is 13.2 Å². The highest BCUT2D eigenvalue weighted by Crippen LogP contribution is 2.40. The third kappa shape index (κ3) is 6.82. The summed E-state index contributed by atoms with van der Waals surface area (Å²) in [6, 6.07) is 7.70. The van der Waals surface area contributed by atoms with E-state index in [4.69, 9.17) is 0 Å². The number of rotatable bonds is 7. The van der Waals surface area contributed by atoms with Crippen LogP contribution in [0.25, 0.3) is 17.2 Å². The van der Waals surface area contributed by atoms with Crippen LogP contribution in [0, 0.1) is 23.5 Å². The minimum atomic E-state index is -5.76. The van der Waals surface area contributed by atoms with Crippen LogP contribution in [-0.4, -0.2) is 6.36 Å². The normalized spacial score (nSPS) is 19.9. The van der Waals surface area contributed by atoms with Crippen molar-refractivity contribution in [3.63, 3.8) is 0 Å². The minimum Gasteiger partial charge on any atom is -0.222 e. The van der Waals surface area contributed by atoms with Gasteiger partial charge in [-0.1, -0.05) is 56.2 Å². The molecule has 0 amide bonds. The van der Waals surface area contributed by atoms with E-state index in [0.29, 0.717) is 23.6 Å². The Morgan fingerprint density at radius 1 is 0.879 bits per heavy atom. The van der Waals surface area contributed by atoms with Gasteiger partial charge >= 0.3 is 12.5 Å². The lowest BCUT2D eigenvalue weighted by atomic mass is 9.80. The summed E-state index contributed by atoms with van der Waals surface area (Å²) >= 11 is 0. The third-order valence-electron chi connectivity index (χ3n) is 5.97. The second-order valence-corrected chi connectivity index (χ2v) is 8.43. The molecule has 0 N–H and O–H groups in total. The first kappa shape index (κ1) is 25.3. The Labute approximate surface area is 188 Å². The maximum absolute atomic E-state index is 14.2. The molecule has 0 atom stereocenters. The molecule has 0 bridgehead atoms. The van der Waals surface area contributed by atoms with Crippen molar-refractivity contribution in [2.24, 2.45) is 11.8 Å². The maximum atomic E-state index is 14.2. The SMILES string of the molecule is CCCC1CCC(C=Cc2ccc(-c3cc(F)c(C(F)(F)OC(F)(F)F)c(F)c3)cc2)CC1. The molecule has 1 fully saturated rings. The molecule has 3 rings (SSSR count). The zero-order chi connectivity index (χ0) is 24.2. The van der Waals surface area contributed by atoms with E-state index in [2.05, 4.69) is 17.7 Å². The number of allylic oxidation sites excluding steroid dienone is 1. The summed E-state index contributed by atoms with van der Waals surface area (Å²) in [6.07, 6.45) is 0.394. The Kier molecular flexibility index (Phi) is 7.88. The first-order chi connectivity index (χ1) is 15.5. The molecule has 1 aliphatic carbocycles. The van der Waals surface area contributed by atoms with Crippen LogP contribution in [0.4, 0.5) is 30.7 Å². The fourth-order valence-corrected chi connectivity index (χ4v) is 4.33. The number of hydrogen-bond acceptors (Lipinski definition) is 1. The molecule has 180 valence electrons. The number of alkyl halides is 5. The molecule has 2 aromatic carbocycles. The Hall–Kier alpha value is -2.35. The molecule has 33 heavy (non-hydrogen) atoms. The third-order valence-corrected chi connectivity index (χ3v) is 5.97. The highest BCUT2D eigenvalue weighted by atomic mass is 19.4. The van der Waals surface area contributed by atoms with Crippen molar-refractivity contribution in [2.45, 2.75) is 57.9 Å². The van der Waals surface area contributed by atoms with Gasteiger partial charge in [0.2, 0.25) is 0 Å². The van der Waals surface area contributed by atoms with Crippen LogP contribution < -0.4 is 0 Å². The van der Waals surface area contributed by atoms with Crippen LogP contribution in [0.15, 0.2) is 42.5 Å². The summed E-state index contributed by atoms with van der Waals surface area (Å²) in [4.78, 5) is 0. The van der Waals surface area contributed by atoms with Gasteiger partial charge in [-0.25, -0.2) is 13.5 Å². The van der Waals surface area contributed by atoms with Crippen molar-refractivity contribution in [2.75, 3.05) is 0 Å². The average Bonchev–Trinajstić information content (AvgIpc) is 2.71. The van der Waals surface area contributed by atoms with Crippen LogP contribution in [0.3, 0.4) is 0 Å². The summed E-state index contributed by atoms with van der Waals surface area (Å²) in [7, 11) is 0. The van der Waals surface area contributed by atoms with Gasteiger partial charge in [0, 0.05) is 0 Å². The Balaban J connectivity index is 1.71. The van der Waals surface area contributed by atoms with Gasteiger partial charge in [0.05, 0.1) is 0 Å². The van der Waals surface area contributed by atoms with Crippen LogP contribution in [0.5, 0.6) is 0 Å². The highest BCUT2D eigenvalue weighted by molar-refractivity contribution is 5.66. The van der Waals surface area contributed by atoms with E-state index in [1.807, 2.05) is 6.08 Å². The van der Waals surface area contributed by atoms with Gasteiger partial charge in [-0.05, 0) is 66.3 Å². The largest absolute Gasteiger partial charge is 0.527 e. The van der Waals surface area contributed by atoms with Gasteiger partial charge in [-0.2, -0.15) is 8.78 Å². The molecule has 0 spiro atoms. The molecule has 1 nitrogen and oxygen atoms in total. The lowest BCUT2D eigenvalue weighted by Crippen LogP contribution is -2.29. The van der Waals surface area contributed by atoms with Gasteiger partial charge in [0.25, 0.3) is 0 Å². The maximum Gasteiger partial charge on any atom is 0.527 e. The van der Waals surface area contributed by atoms with Gasteiger partial charge in [0.1, 0.15) is 17.2 Å². The summed E-state index contributed by atoms with van der Waals surface area (Å²) in [5.74, 6) is -2.34.